The molecule has 1 saturated heterocycles. The molecule has 90 valence electrons. The van der Waals surface area contributed by atoms with Crippen molar-refractivity contribution in [1.82, 2.24) is 5.32 Å². The van der Waals surface area contributed by atoms with Crippen LogP contribution in [0.4, 0.5) is 0 Å². The van der Waals surface area contributed by atoms with Crippen molar-refractivity contribution < 1.29 is 9.84 Å². The van der Waals surface area contributed by atoms with Gasteiger partial charge in [0.15, 0.2) is 0 Å². The number of ether oxygens (including phenoxy) is 1. The first-order valence-electron chi connectivity index (χ1n) is 5.88. The first-order valence-corrected chi connectivity index (χ1v) is 5.88. The number of rotatable bonds is 4. The minimum Gasteiger partial charge on any atom is -0.395 e. The summed E-state index contributed by atoms with van der Waals surface area (Å²) in [6, 6.07) is 0.511. The largest absolute Gasteiger partial charge is 0.395 e. The van der Waals surface area contributed by atoms with E-state index in [0.29, 0.717) is 6.04 Å². The normalized spacial score (nSPS) is 30.4. The van der Waals surface area contributed by atoms with Crippen LogP contribution in [0.2, 0.25) is 0 Å². The summed E-state index contributed by atoms with van der Waals surface area (Å²) in [5.74, 6) is 0. The van der Waals surface area contributed by atoms with Crippen LogP contribution in [0, 0.1) is 0 Å². The maximum absolute atomic E-state index is 9.18. The van der Waals surface area contributed by atoms with Crippen molar-refractivity contribution in [1.29, 1.82) is 0 Å². The van der Waals surface area contributed by atoms with Crippen molar-refractivity contribution in [3.8, 4) is 0 Å². The second kappa shape index (κ2) is 4.40. The Morgan fingerprint density at radius 3 is 2.33 bits per heavy atom. The summed E-state index contributed by atoms with van der Waals surface area (Å²) in [7, 11) is 0. The van der Waals surface area contributed by atoms with Crippen molar-refractivity contribution in [3.05, 3.63) is 0 Å². The molecule has 3 nitrogen and oxygen atoms in total. The summed E-state index contributed by atoms with van der Waals surface area (Å²) in [4.78, 5) is 0. The lowest BCUT2D eigenvalue weighted by molar-refractivity contribution is -0.0707. The van der Waals surface area contributed by atoms with Crippen molar-refractivity contribution in [2.45, 2.75) is 70.7 Å². The van der Waals surface area contributed by atoms with Gasteiger partial charge in [0.2, 0.25) is 0 Å². The van der Waals surface area contributed by atoms with Gasteiger partial charge in [-0.05, 0) is 40.5 Å². The van der Waals surface area contributed by atoms with Crippen molar-refractivity contribution >= 4 is 0 Å². The quantitative estimate of drug-likeness (QED) is 0.750. The van der Waals surface area contributed by atoms with Gasteiger partial charge in [0.1, 0.15) is 0 Å². The van der Waals surface area contributed by atoms with Crippen molar-refractivity contribution in [2.75, 3.05) is 6.61 Å². The standard InChI is InChI=1S/C12H25NO2/c1-6-9(8-14)13-10-7-11(2,3)15-12(10,4)5/h9-10,13-14H,6-8H2,1-5H3/t9-,10?/m1/s1. The van der Waals surface area contributed by atoms with Gasteiger partial charge in [0, 0.05) is 12.1 Å². The zero-order valence-corrected chi connectivity index (χ0v) is 10.6. The van der Waals surface area contributed by atoms with Gasteiger partial charge in [-0.25, -0.2) is 0 Å². The van der Waals surface area contributed by atoms with Crippen LogP contribution in [0.5, 0.6) is 0 Å². The summed E-state index contributed by atoms with van der Waals surface area (Å²) >= 11 is 0. The Morgan fingerprint density at radius 2 is 2.00 bits per heavy atom. The highest BCUT2D eigenvalue weighted by Gasteiger charge is 2.46. The van der Waals surface area contributed by atoms with E-state index in [1.54, 1.807) is 0 Å². The molecule has 1 rings (SSSR count). The molecule has 0 spiro atoms. The molecule has 0 aliphatic carbocycles. The first kappa shape index (κ1) is 12.9. The second-order valence-corrected chi connectivity index (χ2v) is 5.68. The number of hydrogen-bond donors (Lipinski definition) is 2. The Bertz CT molecular complexity index is 210. The Balaban J connectivity index is 2.62. The Labute approximate surface area is 93.2 Å². The average molecular weight is 215 g/mol. The third kappa shape index (κ3) is 3.16. The zero-order chi connectivity index (χ0) is 11.7. The van der Waals surface area contributed by atoms with E-state index in [-0.39, 0.29) is 23.9 Å². The molecule has 1 heterocycles. The highest BCUT2D eigenvalue weighted by atomic mass is 16.5. The van der Waals surface area contributed by atoms with Crippen LogP contribution < -0.4 is 5.32 Å². The van der Waals surface area contributed by atoms with E-state index in [1.807, 2.05) is 0 Å². The number of aliphatic hydroxyl groups is 1. The Hall–Kier alpha value is -0.120. The second-order valence-electron chi connectivity index (χ2n) is 5.68. The third-order valence-electron chi connectivity index (χ3n) is 3.22. The van der Waals surface area contributed by atoms with E-state index in [0.717, 1.165) is 12.8 Å². The molecule has 0 amide bonds. The maximum Gasteiger partial charge on any atom is 0.0787 e. The highest BCUT2D eigenvalue weighted by Crippen LogP contribution is 2.37. The molecule has 0 bridgehead atoms. The van der Waals surface area contributed by atoms with Crippen LogP contribution in [0.15, 0.2) is 0 Å². The zero-order valence-electron chi connectivity index (χ0n) is 10.6. The van der Waals surface area contributed by atoms with Crippen LogP contribution in [-0.4, -0.2) is 35.0 Å². The fraction of sp³-hybridized carbons (Fsp3) is 1.00. The molecular weight excluding hydrogens is 190 g/mol. The number of aliphatic hydroxyl groups excluding tert-OH is 1. The lowest BCUT2D eigenvalue weighted by Gasteiger charge is -2.30. The molecule has 1 aliphatic heterocycles. The van der Waals surface area contributed by atoms with E-state index >= 15 is 0 Å². The van der Waals surface area contributed by atoms with Gasteiger partial charge in [-0.15, -0.1) is 0 Å². The van der Waals surface area contributed by atoms with Crippen LogP contribution >= 0.6 is 0 Å². The summed E-state index contributed by atoms with van der Waals surface area (Å²) in [6.07, 6.45) is 1.94. The van der Waals surface area contributed by atoms with Crippen molar-refractivity contribution in [2.24, 2.45) is 0 Å². The summed E-state index contributed by atoms with van der Waals surface area (Å²) in [6.45, 7) is 10.8. The summed E-state index contributed by atoms with van der Waals surface area (Å²) in [5, 5.41) is 12.7. The Kier molecular flexibility index (Phi) is 3.80. The molecule has 3 heteroatoms. The van der Waals surface area contributed by atoms with Gasteiger partial charge in [0.05, 0.1) is 17.8 Å². The topological polar surface area (TPSA) is 41.5 Å². The van der Waals surface area contributed by atoms with E-state index in [9.17, 15) is 5.11 Å². The molecule has 0 radical (unpaired) electrons. The maximum atomic E-state index is 9.18. The SMILES string of the molecule is CC[C@H](CO)NC1CC(C)(C)OC1(C)C. The van der Waals surface area contributed by atoms with Gasteiger partial charge >= 0.3 is 0 Å². The van der Waals surface area contributed by atoms with E-state index in [1.165, 1.54) is 0 Å². The molecule has 0 aromatic carbocycles. The molecule has 2 atom stereocenters. The molecule has 0 aromatic heterocycles. The molecule has 15 heavy (non-hydrogen) atoms. The molecular formula is C12H25NO2. The summed E-state index contributed by atoms with van der Waals surface area (Å²) < 4.78 is 5.99. The molecule has 0 saturated carbocycles. The lowest BCUT2D eigenvalue weighted by Crippen LogP contribution is -2.49. The van der Waals surface area contributed by atoms with E-state index in [2.05, 4.69) is 39.9 Å². The average Bonchev–Trinajstić information content (AvgIpc) is 2.30. The fourth-order valence-corrected chi connectivity index (χ4v) is 2.41. The fourth-order valence-electron chi connectivity index (χ4n) is 2.41. The molecule has 1 fully saturated rings. The van der Waals surface area contributed by atoms with Crippen LogP contribution in [0.3, 0.4) is 0 Å². The smallest absolute Gasteiger partial charge is 0.0787 e. The minimum atomic E-state index is -0.147. The minimum absolute atomic E-state index is 0.0606. The van der Waals surface area contributed by atoms with Gasteiger partial charge in [0.25, 0.3) is 0 Å². The molecule has 1 unspecified atom stereocenters. The molecule has 2 N–H and O–H groups in total. The first-order chi connectivity index (χ1) is 6.80. The lowest BCUT2D eigenvalue weighted by atomic mass is 9.93. The van der Waals surface area contributed by atoms with E-state index in [4.69, 9.17) is 4.74 Å². The van der Waals surface area contributed by atoms with Crippen LogP contribution in [0.25, 0.3) is 0 Å². The molecule has 0 aromatic rings. The van der Waals surface area contributed by atoms with E-state index < -0.39 is 0 Å². The highest BCUT2D eigenvalue weighted by molar-refractivity contribution is 4.99. The monoisotopic (exact) mass is 215 g/mol. The Morgan fingerprint density at radius 1 is 1.40 bits per heavy atom. The summed E-state index contributed by atoms with van der Waals surface area (Å²) in [5.41, 5.74) is -0.207. The van der Waals surface area contributed by atoms with Crippen LogP contribution in [-0.2, 0) is 4.74 Å². The third-order valence-corrected chi connectivity index (χ3v) is 3.22. The number of hydrogen-bond acceptors (Lipinski definition) is 3. The van der Waals surface area contributed by atoms with Crippen LogP contribution in [0.1, 0.15) is 47.5 Å². The van der Waals surface area contributed by atoms with Gasteiger partial charge in [-0.3, -0.25) is 0 Å². The van der Waals surface area contributed by atoms with Gasteiger partial charge in [-0.2, -0.15) is 0 Å². The predicted octanol–water partition coefficient (Wildman–Crippen LogP) is 1.69. The van der Waals surface area contributed by atoms with Gasteiger partial charge in [-0.1, -0.05) is 6.92 Å². The predicted molar refractivity (Wildman–Crippen MR) is 61.9 cm³/mol. The molecule has 1 aliphatic rings. The van der Waals surface area contributed by atoms with Gasteiger partial charge < -0.3 is 15.2 Å². The van der Waals surface area contributed by atoms with Crippen molar-refractivity contribution in [3.63, 3.8) is 0 Å². The number of nitrogens with one attached hydrogen (secondary N) is 1.